The summed E-state index contributed by atoms with van der Waals surface area (Å²) in [5, 5.41) is 12.1. The van der Waals surface area contributed by atoms with E-state index >= 15 is 0 Å². The van der Waals surface area contributed by atoms with Crippen molar-refractivity contribution < 1.29 is 52.4 Å². The molecule has 130 valence electrons. The van der Waals surface area contributed by atoms with Crippen molar-refractivity contribution in [2.45, 2.75) is 43.9 Å². The van der Waals surface area contributed by atoms with Crippen molar-refractivity contribution in [2.24, 2.45) is 0 Å². The van der Waals surface area contributed by atoms with Crippen molar-refractivity contribution in [2.75, 3.05) is 0 Å². The van der Waals surface area contributed by atoms with Crippen LogP contribution in [0.25, 0.3) is 0 Å². The largest absolute Gasteiger partial charge is 1.00 e. The summed E-state index contributed by atoms with van der Waals surface area (Å²) in [5.74, 6) is 0.309. The van der Waals surface area contributed by atoms with Crippen LogP contribution in [0.4, 0.5) is 0 Å². The predicted molar refractivity (Wildman–Crippen MR) is 90.1 cm³/mol. The first-order valence-corrected chi connectivity index (χ1v) is 9.39. The Labute approximate surface area is 171 Å². The normalized spacial score (nSPS) is 11.0. The number of benzene rings is 2. The maximum atomic E-state index is 12.1. The first-order valence-electron chi connectivity index (χ1n) is 7.95. The van der Waals surface area contributed by atoms with E-state index in [0.717, 1.165) is 24.8 Å². The monoisotopic (exact) mass is 372 g/mol. The van der Waals surface area contributed by atoms with Gasteiger partial charge in [-0.05, 0) is 48.7 Å². The summed E-state index contributed by atoms with van der Waals surface area (Å²) < 4.78 is 36.4. The molecule has 0 unspecified atom stereocenters. The number of ether oxygens (including phenoxy) is 1. The van der Waals surface area contributed by atoms with E-state index in [9.17, 15) is 13.5 Å². The fourth-order valence-corrected chi connectivity index (χ4v) is 2.83. The van der Waals surface area contributed by atoms with Gasteiger partial charge in [0.25, 0.3) is 10.1 Å². The van der Waals surface area contributed by atoms with Crippen LogP contribution in [0.5, 0.6) is 17.2 Å². The fourth-order valence-electron chi connectivity index (χ4n) is 2.35. The van der Waals surface area contributed by atoms with Gasteiger partial charge in [-0.3, -0.25) is 4.55 Å². The molecule has 2 aromatic rings. The number of rotatable bonds is 8. The summed E-state index contributed by atoms with van der Waals surface area (Å²) in [6.45, 7) is 2.16. The van der Waals surface area contributed by atoms with E-state index in [0.29, 0.717) is 5.75 Å². The maximum Gasteiger partial charge on any atom is 1.00 e. The Morgan fingerprint density at radius 1 is 1.04 bits per heavy atom. The number of hydrogen-bond acceptors (Lipinski definition) is 4. The molecule has 1 N–H and O–H groups in total. The van der Waals surface area contributed by atoms with Gasteiger partial charge in [0.1, 0.15) is 11.5 Å². The topological polar surface area (TPSA) is 86.7 Å². The third-order valence-electron chi connectivity index (χ3n) is 3.68. The molecular weight excluding hydrogens is 351 g/mol. The first-order chi connectivity index (χ1) is 11.4. The Kier molecular flexibility index (Phi) is 8.96. The molecular formula is C18H21NaO5S. The van der Waals surface area contributed by atoms with E-state index in [1.54, 1.807) is 12.1 Å². The summed E-state index contributed by atoms with van der Waals surface area (Å²) >= 11 is 0. The molecule has 0 atom stereocenters. The summed E-state index contributed by atoms with van der Waals surface area (Å²) in [4.78, 5) is -0.223. The third kappa shape index (κ3) is 6.99. The van der Waals surface area contributed by atoms with Crippen LogP contribution in [0.15, 0.2) is 47.4 Å². The van der Waals surface area contributed by atoms with E-state index in [1.165, 1.54) is 37.1 Å². The predicted octanol–water partition coefficient (Wildman–Crippen LogP) is 0.926. The van der Waals surface area contributed by atoms with Crippen LogP contribution < -0.4 is 39.4 Å². The molecule has 0 saturated carbocycles. The minimum Gasteiger partial charge on any atom is -0.870 e. The Morgan fingerprint density at radius 2 is 1.72 bits per heavy atom. The van der Waals surface area contributed by atoms with Crippen molar-refractivity contribution in [3.8, 4) is 17.2 Å². The van der Waals surface area contributed by atoms with Gasteiger partial charge in [-0.2, -0.15) is 8.42 Å². The molecule has 0 spiro atoms. The van der Waals surface area contributed by atoms with Crippen molar-refractivity contribution in [1.82, 2.24) is 0 Å². The van der Waals surface area contributed by atoms with Gasteiger partial charge in [0.05, 0.1) is 4.90 Å². The minimum absolute atomic E-state index is 0. The van der Waals surface area contributed by atoms with E-state index < -0.39 is 10.1 Å². The van der Waals surface area contributed by atoms with Crippen LogP contribution in [-0.4, -0.2) is 13.0 Å². The molecule has 0 bridgehead atoms. The number of unbranched alkanes of at least 4 members (excludes halogenated alkanes) is 3. The Hall–Kier alpha value is -1.05. The Bertz CT molecular complexity index is 773. The minimum atomic E-state index is -4.24. The van der Waals surface area contributed by atoms with Crippen molar-refractivity contribution in [1.29, 1.82) is 0 Å². The molecule has 25 heavy (non-hydrogen) atoms. The average molecular weight is 372 g/mol. The van der Waals surface area contributed by atoms with Crippen LogP contribution in [-0.2, 0) is 16.5 Å². The standard InChI is InChI=1S/C18H22O5S.Na/c1-2-3-4-5-6-14-7-12-18(17(19)13-14)23-15-8-10-16(11-9-15)24(20,21)22;/h7-13,19H,2-6H2,1H3,(H,20,21,22);/q;+1/p-1. The molecule has 0 aliphatic rings. The zero-order chi connectivity index (χ0) is 17.6. The van der Waals surface area contributed by atoms with Crippen molar-refractivity contribution in [3.63, 3.8) is 0 Å². The quantitative estimate of drug-likeness (QED) is 0.423. The molecule has 7 heteroatoms. The molecule has 2 rings (SSSR count). The first kappa shape index (κ1) is 22.0. The zero-order valence-corrected chi connectivity index (χ0v) is 17.4. The molecule has 0 aromatic heterocycles. The van der Waals surface area contributed by atoms with Gasteiger partial charge in [-0.15, -0.1) is 0 Å². The molecule has 0 aliphatic heterocycles. The molecule has 0 heterocycles. The van der Waals surface area contributed by atoms with Gasteiger partial charge < -0.3 is 9.84 Å². The maximum absolute atomic E-state index is 12.1. The second kappa shape index (κ2) is 10.2. The van der Waals surface area contributed by atoms with Gasteiger partial charge >= 0.3 is 29.6 Å². The van der Waals surface area contributed by atoms with Gasteiger partial charge in [0, 0.05) is 0 Å². The third-order valence-corrected chi connectivity index (χ3v) is 4.54. The van der Waals surface area contributed by atoms with Crippen LogP contribution in [0.3, 0.4) is 0 Å². The van der Waals surface area contributed by atoms with Crippen molar-refractivity contribution in [3.05, 3.63) is 48.0 Å². The SMILES string of the molecule is CCCCCCc1ccc(Oc2ccc(S(=O)(=O)O)cc2)c([O-])c1.[Na+]. The van der Waals surface area contributed by atoms with Gasteiger partial charge in [-0.25, -0.2) is 0 Å². The zero-order valence-electron chi connectivity index (χ0n) is 14.6. The van der Waals surface area contributed by atoms with Crippen LogP contribution >= 0.6 is 0 Å². The average Bonchev–Trinajstić information content (AvgIpc) is 2.54. The van der Waals surface area contributed by atoms with E-state index in [4.69, 9.17) is 9.29 Å². The Morgan fingerprint density at radius 3 is 2.28 bits per heavy atom. The molecule has 0 fully saturated rings. The second-order valence-electron chi connectivity index (χ2n) is 5.64. The Balaban J connectivity index is 0.00000312. The summed E-state index contributed by atoms with van der Waals surface area (Å²) in [6, 6.07) is 10.3. The van der Waals surface area contributed by atoms with E-state index in [-0.39, 0.29) is 46.0 Å². The fraction of sp³-hybridized carbons (Fsp3) is 0.333. The summed E-state index contributed by atoms with van der Waals surface area (Å²) in [6.07, 6.45) is 5.47. The number of hydrogen-bond donors (Lipinski definition) is 1. The molecule has 0 amide bonds. The molecule has 5 nitrogen and oxygen atoms in total. The van der Waals surface area contributed by atoms with E-state index in [2.05, 4.69) is 6.92 Å². The van der Waals surface area contributed by atoms with Gasteiger partial charge in [0.2, 0.25) is 0 Å². The second-order valence-corrected chi connectivity index (χ2v) is 7.06. The van der Waals surface area contributed by atoms with Gasteiger partial charge in [0.15, 0.2) is 0 Å². The molecule has 0 saturated heterocycles. The molecule has 0 radical (unpaired) electrons. The molecule has 2 aromatic carbocycles. The van der Waals surface area contributed by atoms with Gasteiger partial charge in [-0.1, -0.05) is 44.1 Å². The summed E-state index contributed by atoms with van der Waals surface area (Å²) in [7, 11) is -4.24. The summed E-state index contributed by atoms with van der Waals surface area (Å²) in [5.41, 5.74) is 0.991. The van der Waals surface area contributed by atoms with Crippen molar-refractivity contribution >= 4 is 10.1 Å². The number of aryl methyl sites for hydroxylation is 1. The van der Waals surface area contributed by atoms with E-state index in [1.807, 2.05) is 6.07 Å². The van der Waals surface area contributed by atoms with Crippen LogP contribution in [0.2, 0.25) is 0 Å². The van der Waals surface area contributed by atoms with Crippen LogP contribution in [0, 0.1) is 0 Å². The molecule has 0 aliphatic carbocycles. The smallest absolute Gasteiger partial charge is 0.870 e. The van der Waals surface area contributed by atoms with Crippen LogP contribution in [0.1, 0.15) is 38.2 Å².